The molecular formula is C82H160O17P2. The minimum absolute atomic E-state index is 0.108. The zero-order valence-electron chi connectivity index (χ0n) is 66.2. The molecule has 101 heavy (non-hydrogen) atoms. The Morgan fingerprint density at radius 3 is 0.752 bits per heavy atom. The fraction of sp³-hybridized carbons (Fsp3) is 0.951. The number of carbonyl (C=O) groups excluding carboxylic acids is 4. The molecule has 0 aromatic carbocycles. The number of hydrogen-bond acceptors (Lipinski definition) is 15. The van der Waals surface area contributed by atoms with Crippen molar-refractivity contribution in [1.29, 1.82) is 0 Å². The average molecular weight is 1480 g/mol. The number of phosphoric ester groups is 2. The molecule has 600 valence electrons. The molecule has 0 aliphatic rings. The van der Waals surface area contributed by atoms with Crippen molar-refractivity contribution in [3.05, 3.63) is 0 Å². The van der Waals surface area contributed by atoms with Gasteiger partial charge in [0.25, 0.3) is 0 Å². The van der Waals surface area contributed by atoms with Gasteiger partial charge in [-0.15, -0.1) is 0 Å². The smallest absolute Gasteiger partial charge is 0.462 e. The molecule has 0 fully saturated rings. The summed E-state index contributed by atoms with van der Waals surface area (Å²) in [6, 6.07) is 0. The average Bonchev–Trinajstić information content (AvgIpc) is 1.02. The van der Waals surface area contributed by atoms with E-state index in [2.05, 4.69) is 41.5 Å². The molecule has 0 rings (SSSR count). The SMILES string of the molecule is CCCCCCCCCCCCCCCC(=O)O[C@H](COC(=O)CCCCCCCCCCCCC)COP(=O)(O)OC[C@H](O)COP(=O)(O)OC[C@@H](COC(=O)CCCCCCCCCCCCCCCCC(C)CC)OC(=O)CCCCCCCCCCCCCCCCCCC(C)C. The lowest BCUT2D eigenvalue weighted by molar-refractivity contribution is -0.161. The Balaban J connectivity index is 5.24. The Morgan fingerprint density at radius 2 is 0.505 bits per heavy atom. The first kappa shape index (κ1) is 99.1. The summed E-state index contributed by atoms with van der Waals surface area (Å²) in [5.41, 5.74) is 0. The van der Waals surface area contributed by atoms with Gasteiger partial charge in [0.2, 0.25) is 0 Å². The van der Waals surface area contributed by atoms with Crippen LogP contribution in [0.4, 0.5) is 0 Å². The summed E-state index contributed by atoms with van der Waals surface area (Å²) in [5, 5.41) is 10.6. The van der Waals surface area contributed by atoms with E-state index in [1.54, 1.807) is 0 Å². The van der Waals surface area contributed by atoms with Crippen LogP contribution in [0.15, 0.2) is 0 Å². The van der Waals surface area contributed by atoms with Crippen molar-refractivity contribution in [2.45, 2.75) is 452 Å². The first-order valence-corrected chi connectivity index (χ1v) is 45.5. The van der Waals surface area contributed by atoms with Gasteiger partial charge in [0.05, 0.1) is 26.4 Å². The predicted octanol–water partition coefficient (Wildman–Crippen LogP) is 24.7. The molecule has 6 atom stereocenters. The quantitative estimate of drug-likeness (QED) is 0.0222. The molecule has 0 saturated carbocycles. The van der Waals surface area contributed by atoms with Gasteiger partial charge < -0.3 is 33.8 Å². The third-order valence-corrected chi connectivity index (χ3v) is 21.5. The number of aliphatic hydroxyl groups is 1. The van der Waals surface area contributed by atoms with E-state index in [1.807, 2.05) is 0 Å². The molecule has 0 aromatic heterocycles. The van der Waals surface area contributed by atoms with Crippen LogP contribution in [-0.4, -0.2) is 96.7 Å². The molecule has 17 nitrogen and oxygen atoms in total. The van der Waals surface area contributed by atoms with Crippen molar-refractivity contribution in [1.82, 2.24) is 0 Å². The van der Waals surface area contributed by atoms with Gasteiger partial charge in [0, 0.05) is 25.7 Å². The minimum Gasteiger partial charge on any atom is -0.462 e. The normalized spacial score (nSPS) is 14.2. The van der Waals surface area contributed by atoms with Crippen molar-refractivity contribution in [2.75, 3.05) is 39.6 Å². The number of rotatable bonds is 81. The van der Waals surface area contributed by atoms with Crippen LogP contribution in [-0.2, 0) is 65.4 Å². The zero-order valence-corrected chi connectivity index (χ0v) is 68.0. The second-order valence-corrected chi connectivity index (χ2v) is 33.1. The molecule has 0 bridgehead atoms. The summed E-state index contributed by atoms with van der Waals surface area (Å²) in [6.07, 6.45) is 63.6. The van der Waals surface area contributed by atoms with Crippen molar-refractivity contribution in [2.24, 2.45) is 11.8 Å². The Morgan fingerprint density at radius 1 is 0.287 bits per heavy atom. The maximum absolute atomic E-state index is 13.1. The maximum Gasteiger partial charge on any atom is 0.472 e. The molecule has 3 N–H and O–H groups in total. The first-order chi connectivity index (χ1) is 48.9. The van der Waals surface area contributed by atoms with Gasteiger partial charge in [-0.05, 0) is 37.5 Å². The van der Waals surface area contributed by atoms with Gasteiger partial charge in [-0.2, -0.15) is 0 Å². The molecule has 0 aliphatic heterocycles. The molecular weight excluding hydrogens is 1320 g/mol. The maximum atomic E-state index is 13.1. The number of ether oxygens (including phenoxy) is 4. The molecule has 3 unspecified atom stereocenters. The molecule has 19 heteroatoms. The van der Waals surface area contributed by atoms with Gasteiger partial charge in [-0.3, -0.25) is 37.3 Å². The summed E-state index contributed by atoms with van der Waals surface area (Å²) in [6.45, 7) is 9.73. The molecule has 0 aliphatic carbocycles. The van der Waals surface area contributed by atoms with Gasteiger partial charge in [0.1, 0.15) is 19.3 Å². The van der Waals surface area contributed by atoms with E-state index in [0.29, 0.717) is 25.7 Å². The number of hydrogen-bond donors (Lipinski definition) is 3. The van der Waals surface area contributed by atoms with E-state index >= 15 is 0 Å². The molecule has 0 amide bonds. The molecule has 0 spiro atoms. The monoisotopic (exact) mass is 1480 g/mol. The molecule has 0 heterocycles. The second kappa shape index (κ2) is 73.6. The van der Waals surface area contributed by atoms with Gasteiger partial charge >= 0.3 is 39.5 Å². The topological polar surface area (TPSA) is 237 Å². The van der Waals surface area contributed by atoms with Crippen LogP contribution < -0.4 is 0 Å². The van der Waals surface area contributed by atoms with Gasteiger partial charge in [0.15, 0.2) is 12.2 Å². The molecule has 0 aromatic rings. The summed E-state index contributed by atoms with van der Waals surface area (Å²) in [4.78, 5) is 73.1. The van der Waals surface area contributed by atoms with Crippen LogP contribution in [0.5, 0.6) is 0 Å². The summed E-state index contributed by atoms with van der Waals surface area (Å²) in [7, 11) is -9.92. The van der Waals surface area contributed by atoms with Crippen LogP contribution >= 0.6 is 15.6 Å². The Kier molecular flexibility index (Phi) is 72.2. The first-order valence-electron chi connectivity index (χ1n) is 42.5. The van der Waals surface area contributed by atoms with E-state index in [4.69, 9.17) is 37.0 Å². The highest BCUT2D eigenvalue weighted by atomic mass is 31.2. The van der Waals surface area contributed by atoms with Crippen LogP contribution in [0.3, 0.4) is 0 Å². The van der Waals surface area contributed by atoms with Crippen molar-refractivity contribution in [3.8, 4) is 0 Å². The van der Waals surface area contributed by atoms with E-state index in [-0.39, 0.29) is 25.7 Å². The second-order valence-electron chi connectivity index (χ2n) is 30.2. The minimum atomic E-state index is -4.96. The highest BCUT2D eigenvalue weighted by molar-refractivity contribution is 7.47. The van der Waals surface area contributed by atoms with E-state index < -0.39 is 97.5 Å². The highest BCUT2D eigenvalue weighted by Crippen LogP contribution is 2.45. The number of esters is 4. The van der Waals surface area contributed by atoms with Gasteiger partial charge in [-0.1, -0.05) is 382 Å². The molecule has 0 radical (unpaired) electrons. The predicted molar refractivity (Wildman–Crippen MR) is 414 cm³/mol. The Bertz CT molecular complexity index is 1940. The number of aliphatic hydroxyl groups excluding tert-OH is 1. The third kappa shape index (κ3) is 74.7. The fourth-order valence-electron chi connectivity index (χ4n) is 12.7. The van der Waals surface area contributed by atoms with E-state index in [1.165, 1.54) is 250 Å². The van der Waals surface area contributed by atoms with Crippen LogP contribution in [0.1, 0.15) is 433 Å². The fourth-order valence-corrected chi connectivity index (χ4v) is 14.3. The highest BCUT2D eigenvalue weighted by Gasteiger charge is 2.30. The van der Waals surface area contributed by atoms with Gasteiger partial charge in [-0.25, -0.2) is 9.13 Å². The summed E-state index contributed by atoms with van der Waals surface area (Å²) < 4.78 is 68.8. The van der Waals surface area contributed by atoms with Crippen molar-refractivity contribution >= 4 is 39.5 Å². The lowest BCUT2D eigenvalue weighted by Crippen LogP contribution is -2.30. The van der Waals surface area contributed by atoms with Crippen LogP contribution in [0.2, 0.25) is 0 Å². The van der Waals surface area contributed by atoms with Crippen molar-refractivity contribution < 1.29 is 80.2 Å². The summed E-state index contributed by atoms with van der Waals surface area (Å²) >= 11 is 0. The number of phosphoric acid groups is 2. The van der Waals surface area contributed by atoms with Crippen molar-refractivity contribution in [3.63, 3.8) is 0 Å². The van der Waals surface area contributed by atoms with Crippen LogP contribution in [0, 0.1) is 11.8 Å². The van der Waals surface area contributed by atoms with Crippen LogP contribution in [0.25, 0.3) is 0 Å². The number of carbonyl (C=O) groups is 4. The Hall–Kier alpha value is -1.94. The molecule has 0 saturated heterocycles. The largest absolute Gasteiger partial charge is 0.472 e. The standard InChI is InChI=1S/C82H160O17P2/c1-7-10-12-14-16-18-20-27-36-42-48-54-60-66-81(86)98-77(70-92-79(84)64-58-52-46-40-32-19-17-15-13-11-8-2)72-96-100(88,89)94-68-76(83)69-95-101(90,91)97-73-78(71-93-80(85)65-59-53-47-41-35-30-26-25-29-34-39-45-51-57-63-75(6)9-3)99-82(87)67-61-55-49-43-37-31-24-22-21-23-28-33-38-44-50-56-62-74(4)5/h74-78,83H,7-73H2,1-6H3,(H,88,89)(H,90,91)/t75?,76-,77+,78+/m0/s1. The lowest BCUT2D eigenvalue weighted by Gasteiger charge is -2.21. The lowest BCUT2D eigenvalue weighted by atomic mass is 9.99. The third-order valence-electron chi connectivity index (χ3n) is 19.6. The number of unbranched alkanes of at least 4 members (excludes halogenated alkanes) is 50. The Labute approximate surface area is 619 Å². The van der Waals surface area contributed by atoms with E-state index in [0.717, 1.165) is 102 Å². The zero-order chi connectivity index (χ0) is 74.2. The summed E-state index contributed by atoms with van der Waals surface area (Å²) in [5.74, 6) is -0.446. The van der Waals surface area contributed by atoms with E-state index in [9.17, 15) is 43.2 Å².